The van der Waals surface area contributed by atoms with Crippen LogP contribution in [-0.2, 0) is 30.7 Å². The minimum Gasteiger partial charge on any atom is -0.587 e. The second-order valence-electron chi connectivity index (χ2n) is 3.95. The molecule has 0 unspecified atom stereocenters. The van der Waals surface area contributed by atoms with Crippen LogP contribution in [-0.4, -0.2) is 13.6 Å². The Balaban J connectivity index is 0. The van der Waals surface area contributed by atoms with Crippen LogP contribution in [0.25, 0.3) is 11.3 Å². The Labute approximate surface area is 134 Å². The van der Waals surface area contributed by atoms with Crippen molar-refractivity contribution in [1.29, 1.82) is 0 Å². The molecule has 0 amide bonds. The van der Waals surface area contributed by atoms with E-state index in [0.29, 0.717) is 0 Å². The van der Waals surface area contributed by atoms with Crippen molar-refractivity contribution >= 4 is 13.6 Å². The molecule has 0 N–H and O–H groups in total. The second kappa shape index (κ2) is 10.3. The molecule has 0 aliphatic carbocycles. The minimum absolute atomic E-state index is 0. The molecule has 0 atom stereocenters. The molecule has 0 spiro atoms. The normalized spacial score (nSPS) is 8.40. The quantitative estimate of drug-likeness (QED) is 0.629. The van der Waals surface area contributed by atoms with Crippen LogP contribution >= 0.6 is 0 Å². The van der Waals surface area contributed by atoms with E-state index in [-0.39, 0.29) is 21.1 Å². The van der Waals surface area contributed by atoms with Gasteiger partial charge in [-0.3, -0.25) is 0 Å². The molecule has 4 heteroatoms. The Morgan fingerprint density at radius 1 is 1.00 bits per heavy atom. The van der Waals surface area contributed by atoms with E-state index in [2.05, 4.69) is 45.6 Å². The van der Waals surface area contributed by atoms with E-state index >= 15 is 0 Å². The maximum atomic E-state index is 7.50. The van der Waals surface area contributed by atoms with Crippen molar-refractivity contribution in [1.82, 2.24) is 0 Å². The largest absolute Gasteiger partial charge is 4.00 e. The fourth-order valence-corrected chi connectivity index (χ4v) is 1.44. The number of carbonyl (C=O) groups excluding carboxylic acids is 2. The van der Waals surface area contributed by atoms with Gasteiger partial charge in [-0.25, -0.2) is 11.6 Å². The average molecular weight is 449 g/mol. The average Bonchev–Trinajstić information content (AvgIpc) is 2.78. The molecule has 2 aromatic rings. The molecule has 2 radical (unpaired) electrons. The van der Waals surface area contributed by atoms with Crippen LogP contribution in [0.4, 0.5) is 0 Å². The maximum absolute atomic E-state index is 7.50. The van der Waals surface area contributed by atoms with Gasteiger partial charge < -0.3 is 27.6 Å². The zero-order valence-corrected chi connectivity index (χ0v) is 14.0. The predicted molar refractivity (Wildman–Crippen MR) is 72.2 cm³/mol. The van der Waals surface area contributed by atoms with Gasteiger partial charge in [0.05, 0.1) is 0 Å². The molecular formula is C16H14O3Pt. The summed E-state index contributed by atoms with van der Waals surface area (Å²) in [5.41, 5.74) is 4.55. The van der Waals surface area contributed by atoms with Crippen LogP contribution in [0.1, 0.15) is 22.5 Å². The molecule has 0 aliphatic rings. The molecule has 0 saturated heterocycles. The van der Waals surface area contributed by atoms with Gasteiger partial charge >= 0.3 is 21.1 Å². The van der Waals surface area contributed by atoms with Gasteiger partial charge in [0.25, 0.3) is 0 Å². The van der Waals surface area contributed by atoms with Crippen molar-refractivity contribution in [2.75, 3.05) is 0 Å². The number of hydrogen-bond acceptors (Lipinski definition) is 3. The van der Waals surface area contributed by atoms with Gasteiger partial charge in [-0.1, -0.05) is 33.5 Å². The van der Waals surface area contributed by atoms with Gasteiger partial charge in [-0.05, 0) is 5.76 Å². The van der Waals surface area contributed by atoms with Crippen LogP contribution in [0.15, 0.2) is 16.5 Å². The summed E-state index contributed by atoms with van der Waals surface area (Å²) < 4.78 is 5.61. The zero-order chi connectivity index (χ0) is 15.0. The van der Waals surface area contributed by atoms with E-state index in [1.807, 2.05) is 19.9 Å². The van der Waals surface area contributed by atoms with E-state index in [1.165, 1.54) is 11.1 Å². The van der Waals surface area contributed by atoms with Crippen molar-refractivity contribution in [2.45, 2.75) is 27.7 Å². The Morgan fingerprint density at radius 3 is 1.95 bits per heavy atom. The zero-order valence-electron chi connectivity index (χ0n) is 11.7. The van der Waals surface area contributed by atoms with Crippen molar-refractivity contribution in [3.05, 3.63) is 46.7 Å². The maximum Gasteiger partial charge on any atom is 4.00 e. The van der Waals surface area contributed by atoms with E-state index < -0.39 is 0 Å². The third-order valence-corrected chi connectivity index (χ3v) is 2.76. The first-order valence-electron chi connectivity index (χ1n) is 5.47. The van der Waals surface area contributed by atoms with Gasteiger partial charge in [0.15, 0.2) is 0 Å². The molecule has 2 rings (SSSR count). The van der Waals surface area contributed by atoms with E-state index in [1.54, 1.807) is 0 Å². The Hall–Kier alpha value is -1.47. The summed E-state index contributed by atoms with van der Waals surface area (Å²) in [6.07, 6.45) is 0. The molecule has 0 bridgehead atoms. The topological polar surface area (TPSA) is 47.3 Å². The SMILES string of the molecule is Cc1[c-]c(-c2[c-]cc(C)c(C)c2)oc1C.[C-]=O.[C-]=O.[Pt+4]. The third kappa shape index (κ3) is 5.26. The van der Waals surface area contributed by atoms with Crippen molar-refractivity contribution in [3.8, 4) is 11.3 Å². The first kappa shape index (κ1) is 20.8. The van der Waals surface area contributed by atoms with E-state index in [4.69, 9.17) is 14.0 Å². The van der Waals surface area contributed by atoms with Gasteiger partial charge in [-0.2, -0.15) is 18.2 Å². The Morgan fingerprint density at radius 2 is 1.55 bits per heavy atom. The molecule has 106 valence electrons. The molecule has 0 fully saturated rings. The fraction of sp³-hybridized carbons (Fsp3) is 0.250. The van der Waals surface area contributed by atoms with Gasteiger partial charge in [0.1, 0.15) is 0 Å². The first-order chi connectivity index (χ1) is 9.08. The third-order valence-electron chi connectivity index (χ3n) is 2.76. The first-order valence-corrected chi connectivity index (χ1v) is 5.47. The summed E-state index contributed by atoms with van der Waals surface area (Å²) in [6.45, 7) is 17.1. The summed E-state index contributed by atoms with van der Waals surface area (Å²) in [6, 6.07) is 10.5. The standard InChI is InChI=1S/C14H14O.2CO.Pt/c1-9-5-6-13(7-10(9)2)14-8-11(3)12(4)15-14;2*1-2;/h5,7H,1-4H3;;;/q-2;2*-1;+4. The summed E-state index contributed by atoms with van der Waals surface area (Å²) in [7, 11) is 0. The van der Waals surface area contributed by atoms with Crippen molar-refractivity contribution in [3.63, 3.8) is 0 Å². The van der Waals surface area contributed by atoms with Gasteiger partial charge in [0.2, 0.25) is 0 Å². The summed E-state index contributed by atoms with van der Waals surface area (Å²) in [4.78, 5) is 15.0. The molecule has 20 heavy (non-hydrogen) atoms. The summed E-state index contributed by atoms with van der Waals surface area (Å²) >= 11 is 0. The number of furan rings is 1. The van der Waals surface area contributed by atoms with E-state index in [0.717, 1.165) is 22.6 Å². The smallest absolute Gasteiger partial charge is 0.587 e. The number of aryl methyl sites for hydroxylation is 4. The van der Waals surface area contributed by atoms with Crippen molar-refractivity contribution < 1.29 is 35.1 Å². The molecule has 0 aliphatic heterocycles. The molecule has 1 heterocycles. The molecule has 3 nitrogen and oxygen atoms in total. The molecule has 1 aromatic heterocycles. The second-order valence-corrected chi connectivity index (χ2v) is 3.95. The van der Waals surface area contributed by atoms with Gasteiger partial charge in [-0.15, -0.1) is 16.7 Å². The summed E-state index contributed by atoms with van der Waals surface area (Å²) in [5.74, 6) is 1.71. The minimum atomic E-state index is 0. The monoisotopic (exact) mass is 449 g/mol. The number of hydrogen-bond donors (Lipinski definition) is 0. The Kier molecular flexibility index (Phi) is 10.8. The van der Waals surface area contributed by atoms with Crippen LogP contribution in [0.2, 0.25) is 0 Å². The molecule has 1 aromatic carbocycles. The van der Waals surface area contributed by atoms with Crippen molar-refractivity contribution in [2.24, 2.45) is 0 Å². The fourth-order valence-electron chi connectivity index (χ4n) is 1.44. The molecular weight excluding hydrogens is 435 g/mol. The Bertz CT molecular complexity index is 511. The number of benzene rings is 1. The van der Waals surface area contributed by atoms with E-state index in [9.17, 15) is 0 Å². The number of rotatable bonds is 1. The van der Waals surface area contributed by atoms with Crippen LogP contribution in [0.3, 0.4) is 0 Å². The van der Waals surface area contributed by atoms with Crippen LogP contribution in [0.5, 0.6) is 0 Å². The molecule has 0 saturated carbocycles. The summed E-state index contributed by atoms with van der Waals surface area (Å²) in [5, 5.41) is 0. The van der Waals surface area contributed by atoms with Crippen LogP contribution in [0, 0.1) is 39.8 Å². The van der Waals surface area contributed by atoms with Crippen LogP contribution < -0.4 is 0 Å². The predicted octanol–water partition coefficient (Wildman–Crippen LogP) is 2.98. The van der Waals surface area contributed by atoms with Gasteiger partial charge in [0, 0.05) is 0 Å².